The second-order valence-electron chi connectivity index (χ2n) is 5.88. The van der Waals surface area contributed by atoms with Crippen molar-refractivity contribution in [2.24, 2.45) is 0 Å². The van der Waals surface area contributed by atoms with E-state index >= 15 is 0 Å². The van der Waals surface area contributed by atoms with Gasteiger partial charge < -0.3 is 10.0 Å². The van der Waals surface area contributed by atoms with Crippen LogP contribution in [0, 0.1) is 13.8 Å². The van der Waals surface area contributed by atoms with Crippen molar-refractivity contribution in [1.29, 1.82) is 0 Å². The van der Waals surface area contributed by atoms with Gasteiger partial charge in [0.15, 0.2) is 0 Å². The summed E-state index contributed by atoms with van der Waals surface area (Å²) in [6.07, 6.45) is 0.371. The summed E-state index contributed by atoms with van der Waals surface area (Å²) in [4.78, 5) is 2.26. The molecule has 0 aliphatic heterocycles. The zero-order valence-electron chi connectivity index (χ0n) is 13.2. The van der Waals surface area contributed by atoms with Crippen molar-refractivity contribution in [3.05, 3.63) is 70.8 Å². The Kier molecular flexibility index (Phi) is 5.54. The molecule has 0 bridgehead atoms. The van der Waals surface area contributed by atoms with Crippen LogP contribution in [0.1, 0.15) is 34.8 Å². The van der Waals surface area contributed by atoms with E-state index in [0.29, 0.717) is 0 Å². The van der Waals surface area contributed by atoms with Crippen molar-refractivity contribution in [2.45, 2.75) is 32.9 Å². The highest BCUT2D eigenvalue weighted by Gasteiger charge is 2.09. The first-order valence-corrected chi connectivity index (χ1v) is 7.54. The summed E-state index contributed by atoms with van der Waals surface area (Å²) in [5.41, 5.74) is 4.90. The van der Waals surface area contributed by atoms with Crippen LogP contribution in [0.2, 0.25) is 0 Å². The molecular weight excluding hydrogens is 258 g/mol. The lowest BCUT2D eigenvalue weighted by Crippen LogP contribution is -2.21. The Balaban J connectivity index is 1.85. The minimum Gasteiger partial charge on any atom is -0.388 e. The predicted octanol–water partition coefficient (Wildman–Crippen LogP) is 3.86. The molecule has 0 aromatic heterocycles. The number of nitrogens with zero attached hydrogens (tertiary/aromatic N) is 1. The van der Waals surface area contributed by atoms with E-state index in [1.165, 1.54) is 16.7 Å². The van der Waals surface area contributed by atoms with Crippen LogP contribution in [0.4, 0.5) is 0 Å². The third kappa shape index (κ3) is 4.69. The average molecular weight is 283 g/mol. The van der Waals surface area contributed by atoms with Crippen molar-refractivity contribution in [3.8, 4) is 0 Å². The Labute approximate surface area is 128 Å². The van der Waals surface area contributed by atoms with Crippen LogP contribution in [0.5, 0.6) is 0 Å². The van der Waals surface area contributed by atoms with Gasteiger partial charge >= 0.3 is 0 Å². The molecule has 0 saturated heterocycles. The number of aliphatic hydroxyl groups is 1. The highest BCUT2D eigenvalue weighted by Crippen LogP contribution is 2.18. The molecule has 1 atom stereocenters. The van der Waals surface area contributed by atoms with E-state index < -0.39 is 0 Å². The molecule has 2 aromatic rings. The second kappa shape index (κ2) is 7.39. The van der Waals surface area contributed by atoms with Gasteiger partial charge in [-0.15, -0.1) is 0 Å². The summed E-state index contributed by atoms with van der Waals surface area (Å²) >= 11 is 0. The van der Waals surface area contributed by atoms with Crippen molar-refractivity contribution in [1.82, 2.24) is 4.90 Å². The normalized spacial score (nSPS) is 12.6. The maximum absolute atomic E-state index is 10.3. The number of hydrogen-bond acceptors (Lipinski definition) is 2. The van der Waals surface area contributed by atoms with E-state index in [4.69, 9.17) is 0 Å². The SMILES string of the molecule is Cc1ccc(C(O)CCN(C)Cc2ccccc2C)cc1. The van der Waals surface area contributed by atoms with Gasteiger partial charge in [-0.2, -0.15) is 0 Å². The molecule has 0 amide bonds. The quantitative estimate of drug-likeness (QED) is 0.870. The maximum atomic E-state index is 10.3. The average Bonchev–Trinajstić information content (AvgIpc) is 2.48. The Morgan fingerprint density at radius 1 is 1.00 bits per heavy atom. The summed E-state index contributed by atoms with van der Waals surface area (Å²) in [7, 11) is 2.11. The molecule has 2 aromatic carbocycles. The number of rotatable bonds is 6. The van der Waals surface area contributed by atoms with Gasteiger partial charge in [-0.1, -0.05) is 54.1 Å². The van der Waals surface area contributed by atoms with Crippen molar-refractivity contribution in [2.75, 3.05) is 13.6 Å². The number of benzene rings is 2. The molecule has 2 heteroatoms. The Morgan fingerprint density at radius 2 is 1.67 bits per heavy atom. The van der Waals surface area contributed by atoms with Crippen molar-refractivity contribution < 1.29 is 5.11 Å². The molecular formula is C19H25NO. The lowest BCUT2D eigenvalue weighted by molar-refractivity contribution is 0.147. The predicted molar refractivity (Wildman–Crippen MR) is 88.3 cm³/mol. The molecule has 21 heavy (non-hydrogen) atoms. The molecule has 0 radical (unpaired) electrons. The smallest absolute Gasteiger partial charge is 0.0802 e. The van der Waals surface area contributed by atoms with Gasteiger partial charge in [0.05, 0.1) is 6.10 Å². The van der Waals surface area contributed by atoms with Crippen molar-refractivity contribution >= 4 is 0 Å². The number of aryl methyl sites for hydroxylation is 2. The minimum atomic E-state index is -0.384. The second-order valence-corrected chi connectivity index (χ2v) is 5.88. The topological polar surface area (TPSA) is 23.5 Å². The van der Waals surface area contributed by atoms with Crippen molar-refractivity contribution in [3.63, 3.8) is 0 Å². The van der Waals surface area contributed by atoms with Crippen LogP contribution in [0.3, 0.4) is 0 Å². The number of aliphatic hydroxyl groups excluding tert-OH is 1. The molecule has 2 nitrogen and oxygen atoms in total. The molecule has 112 valence electrons. The third-order valence-corrected chi connectivity index (χ3v) is 3.95. The van der Waals surface area contributed by atoms with E-state index in [2.05, 4.69) is 62.2 Å². The highest BCUT2D eigenvalue weighted by atomic mass is 16.3. The van der Waals surface area contributed by atoms with E-state index in [0.717, 1.165) is 25.1 Å². The summed E-state index contributed by atoms with van der Waals surface area (Å²) < 4.78 is 0. The van der Waals surface area contributed by atoms with Crippen LogP contribution in [-0.2, 0) is 6.54 Å². The monoisotopic (exact) mass is 283 g/mol. The molecule has 0 spiro atoms. The number of hydrogen-bond donors (Lipinski definition) is 1. The summed E-state index contributed by atoms with van der Waals surface area (Å²) in [5.74, 6) is 0. The van der Waals surface area contributed by atoms with Gasteiger partial charge in [-0.25, -0.2) is 0 Å². The van der Waals surface area contributed by atoms with E-state index in [-0.39, 0.29) is 6.10 Å². The van der Waals surface area contributed by atoms with Gasteiger partial charge in [-0.3, -0.25) is 0 Å². The first kappa shape index (κ1) is 15.7. The van der Waals surface area contributed by atoms with Crippen LogP contribution in [0.25, 0.3) is 0 Å². The first-order chi connectivity index (χ1) is 10.1. The molecule has 0 aliphatic rings. The van der Waals surface area contributed by atoms with Crippen LogP contribution in [0.15, 0.2) is 48.5 Å². The fourth-order valence-corrected chi connectivity index (χ4v) is 2.46. The third-order valence-electron chi connectivity index (χ3n) is 3.95. The molecule has 1 unspecified atom stereocenters. The minimum absolute atomic E-state index is 0.384. The van der Waals surface area contributed by atoms with Gasteiger partial charge in [0.25, 0.3) is 0 Å². The molecule has 0 saturated carbocycles. The zero-order chi connectivity index (χ0) is 15.2. The lowest BCUT2D eigenvalue weighted by atomic mass is 10.0. The standard InChI is InChI=1S/C19H25NO/c1-15-8-10-17(11-9-15)19(21)12-13-20(3)14-18-7-5-4-6-16(18)2/h4-11,19,21H,12-14H2,1-3H3. The Morgan fingerprint density at radius 3 is 2.33 bits per heavy atom. The van der Waals surface area contributed by atoms with Gasteiger partial charge in [0.1, 0.15) is 0 Å². The Hall–Kier alpha value is -1.64. The molecule has 0 heterocycles. The largest absolute Gasteiger partial charge is 0.388 e. The van der Waals surface area contributed by atoms with Gasteiger partial charge in [0, 0.05) is 13.1 Å². The fourth-order valence-electron chi connectivity index (χ4n) is 2.46. The lowest BCUT2D eigenvalue weighted by Gasteiger charge is -2.20. The van der Waals surface area contributed by atoms with Crippen LogP contribution < -0.4 is 0 Å². The zero-order valence-corrected chi connectivity index (χ0v) is 13.2. The highest BCUT2D eigenvalue weighted by molar-refractivity contribution is 5.25. The van der Waals surface area contributed by atoms with Crippen LogP contribution >= 0.6 is 0 Å². The van der Waals surface area contributed by atoms with Crippen LogP contribution in [-0.4, -0.2) is 23.6 Å². The maximum Gasteiger partial charge on any atom is 0.0802 e. The van der Waals surface area contributed by atoms with Gasteiger partial charge in [-0.05, 0) is 44.0 Å². The molecule has 2 rings (SSSR count). The fraction of sp³-hybridized carbons (Fsp3) is 0.368. The molecule has 0 fully saturated rings. The molecule has 0 aliphatic carbocycles. The molecule has 1 N–H and O–H groups in total. The summed E-state index contributed by atoms with van der Waals surface area (Å²) in [6.45, 7) is 6.01. The van der Waals surface area contributed by atoms with Gasteiger partial charge in [0.2, 0.25) is 0 Å². The van der Waals surface area contributed by atoms with E-state index in [1.54, 1.807) is 0 Å². The van der Waals surface area contributed by atoms with E-state index in [9.17, 15) is 5.11 Å². The summed E-state index contributed by atoms with van der Waals surface area (Å²) in [5, 5.41) is 10.3. The van der Waals surface area contributed by atoms with E-state index in [1.807, 2.05) is 12.1 Å². The first-order valence-electron chi connectivity index (χ1n) is 7.54. The summed E-state index contributed by atoms with van der Waals surface area (Å²) in [6, 6.07) is 16.6. The Bertz CT molecular complexity index is 562.